The third-order valence-electron chi connectivity index (χ3n) is 3.17. The zero-order chi connectivity index (χ0) is 15.4. The Morgan fingerprint density at radius 1 is 1.09 bits per heavy atom. The zero-order valence-corrected chi connectivity index (χ0v) is 11.6. The number of anilines is 1. The average molecular weight is 295 g/mol. The Morgan fingerprint density at radius 2 is 1.91 bits per heavy atom. The number of hydrogen-bond acceptors (Lipinski definition) is 4. The van der Waals surface area contributed by atoms with Crippen molar-refractivity contribution in [3.05, 3.63) is 59.7 Å². The highest BCUT2D eigenvalue weighted by Gasteiger charge is 2.12. The lowest BCUT2D eigenvalue weighted by Gasteiger charge is -2.04. The van der Waals surface area contributed by atoms with E-state index in [1.807, 2.05) is 6.07 Å². The second-order valence-electron chi connectivity index (χ2n) is 4.64. The first-order valence-electron chi connectivity index (χ1n) is 6.69. The first-order valence-corrected chi connectivity index (χ1v) is 6.69. The molecule has 22 heavy (non-hydrogen) atoms. The summed E-state index contributed by atoms with van der Waals surface area (Å²) in [5, 5.41) is 2.67. The topological polar surface area (TPSA) is 64.6 Å². The summed E-state index contributed by atoms with van der Waals surface area (Å²) >= 11 is 0. The maximum atomic E-state index is 11.9. The van der Waals surface area contributed by atoms with Gasteiger partial charge in [0, 0.05) is 11.6 Å². The molecule has 0 aliphatic carbocycles. The fraction of sp³-hybridized carbons (Fsp3) is 0.0588. The van der Waals surface area contributed by atoms with Gasteiger partial charge in [-0.2, -0.15) is 0 Å². The van der Waals surface area contributed by atoms with Crippen LogP contribution >= 0.6 is 0 Å². The molecule has 1 heterocycles. The van der Waals surface area contributed by atoms with Crippen LogP contribution in [0.25, 0.3) is 6.08 Å². The quantitative estimate of drug-likeness (QED) is 0.696. The fourth-order valence-corrected chi connectivity index (χ4v) is 2.08. The van der Waals surface area contributed by atoms with Crippen molar-refractivity contribution in [1.82, 2.24) is 0 Å². The van der Waals surface area contributed by atoms with Crippen LogP contribution in [0.3, 0.4) is 0 Å². The number of aldehydes is 1. The van der Waals surface area contributed by atoms with Crippen molar-refractivity contribution in [2.45, 2.75) is 0 Å². The molecule has 2 aromatic rings. The second-order valence-corrected chi connectivity index (χ2v) is 4.64. The number of para-hydroxylation sites is 1. The number of hydrogen-bond donors (Lipinski definition) is 1. The molecular weight excluding hydrogens is 282 g/mol. The summed E-state index contributed by atoms with van der Waals surface area (Å²) in [5.74, 6) is 1.04. The Bertz CT molecular complexity index is 752. The highest BCUT2D eigenvalue weighted by atomic mass is 16.7. The monoisotopic (exact) mass is 295 g/mol. The number of fused-ring (bicyclic) bond motifs is 1. The van der Waals surface area contributed by atoms with E-state index in [4.69, 9.17) is 9.47 Å². The molecule has 5 nitrogen and oxygen atoms in total. The molecule has 5 heteroatoms. The maximum absolute atomic E-state index is 11.9. The number of carbonyl (C=O) groups excluding carboxylic acids is 2. The van der Waals surface area contributed by atoms with Gasteiger partial charge >= 0.3 is 0 Å². The molecule has 0 fully saturated rings. The lowest BCUT2D eigenvalue weighted by Crippen LogP contribution is -2.09. The molecule has 1 amide bonds. The maximum Gasteiger partial charge on any atom is 0.248 e. The Labute approximate surface area is 127 Å². The Hall–Kier alpha value is -3.08. The van der Waals surface area contributed by atoms with Crippen molar-refractivity contribution in [2.75, 3.05) is 12.1 Å². The molecular formula is C17H13NO4. The highest BCUT2D eigenvalue weighted by Crippen LogP contribution is 2.32. The predicted octanol–water partition coefficient (Wildman–Crippen LogP) is 2.88. The number of nitrogens with one attached hydrogen (secondary N) is 1. The number of rotatable bonds is 4. The zero-order valence-electron chi connectivity index (χ0n) is 11.6. The van der Waals surface area contributed by atoms with Gasteiger partial charge in [-0.15, -0.1) is 0 Å². The van der Waals surface area contributed by atoms with Gasteiger partial charge in [0.1, 0.15) is 0 Å². The molecule has 1 aliphatic rings. The predicted molar refractivity (Wildman–Crippen MR) is 82.1 cm³/mol. The first-order chi connectivity index (χ1) is 10.8. The van der Waals surface area contributed by atoms with Crippen LogP contribution in [0.5, 0.6) is 11.5 Å². The summed E-state index contributed by atoms with van der Waals surface area (Å²) in [7, 11) is 0. The van der Waals surface area contributed by atoms with E-state index in [0.717, 1.165) is 5.56 Å². The Balaban J connectivity index is 1.70. The van der Waals surface area contributed by atoms with Crippen LogP contribution in [0.2, 0.25) is 0 Å². The van der Waals surface area contributed by atoms with Crippen LogP contribution in [0.4, 0.5) is 5.69 Å². The lowest BCUT2D eigenvalue weighted by molar-refractivity contribution is -0.111. The van der Waals surface area contributed by atoms with Crippen molar-refractivity contribution in [3.63, 3.8) is 0 Å². The summed E-state index contributed by atoms with van der Waals surface area (Å²) in [4.78, 5) is 22.8. The standard InChI is InChI=1S/C17H13NO4/c19-10-13-3-1-2-4-14(13)18-17(20)8-6-12-5-7-15-16(9-12)22-11-21-15/h1-10H,11H2,(H,18,20)/b8-6+. The second kappa shape index (κ2) is 6.13. The van der Waals surface area contributed by atoms with Gasteiger partial charge in [0.2, 0.25) is 12.7 Å². The number of ether oxygens (including phenoxy) is 2. The van der Waals surface area contributed by atoms with E-state index in [2.05, 4.69) is 5.32 Å². The molecule has 2 aromatic carbocycles. The Morgan fingerprint density at radius 3 is 2.77 bits per heavy atom. The third kappa shape index (κ3) is 2.98. The van der Waals surface area contributed by atoms with Gasteiger partial charge in [-0.05, 0) is 35.9 Å². The lowest BCUT2D eigenvalue weighted by atomic mass is 10.1. The van der Waals surface area contributed by atoms with Crippen LogP contribution in [0.1, 0.15) is 15.9 Å². The number of carbonyl (C=O) groups is 2. The van der Waals surface area contributed by atoms with Gasteiger partial charge in [0.15, 0.2) is 17.8 Å². The van der Waals surface area contributed by atoms with Gasteiger partial charge in [-0.25, -0.2) is 0 Å². The molecule has 3 rings (SSSR count). The van der Waals surface area contributed by atoms with E-state index in [0.29, 0.717) is 29.0 Å². The molecule has 0 aromatic heterocycles. The molecule has 0 spiro atoms. The van der Waals surface area contributed by atoms with Gasteiger partial charge in [-0.1, -0.05) is 18.2 Å². The molecule has 0 bridgehead atoms. The molecule has 0 saturated heterocycles. The van der Waals surface area contributed by atoms with Crippen molar-refractivity contribution in [2.24, 2.45) is 0 Å². The SMILES string of the molecule is O=Cc1ccccc1NC(=O)/C=C/c1ccc2c(c1)OCO2. The van der Waals surface area contributed by atoms with Crippen LogP contribution in [0, 0.1) is 0 Å². The minimum Gasteiger partial charge on any atom is -0.454 e. The van der Waals surface area contributed by atoms with Gasteiger partial charge in [0.25, 0.3) is 0 Å². The van der Waals surface area contributed by atoms with Gasteiger partial charge < -0.3 is 14.8 Å². The summed E-state index contributed by atoms with van der Waals surface area (Å²) in [6.45, 7) is 0.214. The minimum atomic E-state index is -0.313. The summed E-state index contributed by atoms with van der Waals surface area (Å²) in [6.07, 6.45) is 3.77. The van der Waals surface area contributed by atoms with Crippen molar-refractivity contribution in [1.29, 1.82) is 0 Å². The summed E-state index contributed by atoms with van der Waals surface area (Å²) in [5.41, 5.74) is 1.74. The van der Waals surface area contributed by atoms with Crippen LogP contribution in [0.15, 0.2) is 48.5 Å². The largest absolute Gasteiger partial charge is 0.454 e. The molecule has 1 N–H and O–H groups in total. The third-order valence-corrected chi connectivity index (χ3v) is 3.17. The Kier molecular flexibility index (Phi) is 3.87. The van der Waals surface area contributed by atoms with Crippen molar-refractivity contribution >= 4 is 24.0 Å². The number of amides is 1. The van der Waals surface area contributed by atoms with E-state index in [9.17, 15) is 9.59 Å². The highest BCUT2D eigenvalue weighted by molar-refractivity contribution is 6.04. The fourth-order valence-electron chi connectivity index (χ4n) is 2.08. The number of benzene rings is 2. The molecule has 110 valence electrons. The van der Waals surface area contributed by atoms with E-state index in [-0.39, 0.29) is 12.7 Å². The van der Waals surface area contributed by atoms with Crippen molar-refractivity contribution in [3.8, 4) is 11.5 Å². The molecule has 0 unspecified atom stereocenters. The van der Waals surface area contributed by atoms with E-state index in [1.54, 1.807) is 42.5 Å². The molecule has 1 aliphatic heterocycles. The van der Waals surface area contributed by atoms with Crippen molar-refractivity contribution < 1.29 is 19.1 Å². The average Bonchev–Trinajstić information content (AvgIpc) is 3.01. The van der Waals surface area contributed by atoms with Crippen LogP contribution in [-0.2, 0) is 4.79 Å². The smallest absolute Gasteiger partial charge is 0.248 e. The van der Waals surface area contributed by atoms with Gasteiger partial charge in [0.05, 0.1) is 5.69 Å². The summed E-state index contributed by atoms with van der Waals surface area (Å²) in [6, 6.07) is 12.2. The van der Waals surface area contributed by atoms with Gasteiger partial charge in [-0.3, -0.25) is 9.59 Å². The molecule has 0 atom stereocenters. The van der Waals surface area contributed by atoms with E-state index in [1.165, 1.54) is 6.08 Å². The molecule has 0 saturated carbocycles. The normalized spacial score (nSPS) is 12.4. The first kappa shape index (κ1) is 13.9. The van der Waals surface area contributed by atoms with E-state index < -0.39 is 0 Å². The minimum absolute atomic E-state index is 0.214. The van der Waals surface area contributed by atoms with Crippen LogP contribution < -0.4 is 14.8 Å². The van der Waals surface area contributed by atoms with Crippen LogP contribution in [-0.4, -0.2) is 19.0 Å². The van der Waals surface area contributed by atoms with E-state index >= 15 is 0 Å². The summed E-state index contributed by atoms with van der Waals surface area (Å²) < 4.78 is 10.5. The molecule has 0 radical (unpaired) electrons.